The Morgan fingerprint density at radius 1 is 0.723 bits per heavy atom. The largest absolute Gasteiger partial charge is 0.463 e. The number of aliphatic hydroxyl groups excluding tert-OH is 1. The van der Waals surface area contributed by atoms with Crippen molar-refractivity contribution in [2.24, 2.45) is 11.8 Å². The van der Waals surface area contributed by atoms with E-state index in [0.717, 1.165) is 16.7 Å². The minimum Gasteiger partial charge on any atom is -0.463 e. The zero-order chi connectivity index (χ0) is 33.7. The first-order chi connectivity index (χ1) is 22.9. The van der Waals surface area contributed by atoms with Crippen molar-refractivity contribution in [1.29, 1.82) is 0 Å². The van der Waals surface area contributed by atoms with Gasteiger partial charge in [0.1, 0.15) is 6.61 Å². The Hall–Kier alpha value is -4.53. The van der Waals surface area contributed by atoms with Crippen molar-refractivity contribution in [1.82, 2.24) is 10.6 Å². The first kappa shape index (κ1) is 36.9. The molecule has 3 N–H and O–H groups in total. The molecule has 0 bridgehead atoms. The maximum absolute atomic E-state index is 13.5. The van der Waals surface area contributed by atoms with Gasteiger partial charge in [-0.2, -0.15) is 0 Å². The van der Waals surface area contributed by atoms with Gasteiger partial charge in [0.25, 0.3) is 0 Å². The smallest absolute Gasteiger partial charge is 0.309 e. The van der Waals surface area contributed by atoms with Crippen LogP contribution < -0.4 is 10.6 Å². The van der Waals surface area contributed by atoms with Gasteiger partial charge in [0, 0.05) is 6.42 Å². The van der Waals surface area contributed by atoms with Crippen molar-refractivity contribution in [3.8, 4) is 0 Å². The second kappa shape index (κ2) is 21.3. The van der Waals surface area contributed by atoms with Crippen molar-refractivity contribution >= 4 is 17.8 Å². The quantitative estimate of drug-likeness (QED) is 0.101. The van der Waals surface area contributed by atoms with Crippen LogP contribution in [0.4, 0.5) is 0 Å². The van der Waals surface area contributed by atoms with Crippen LogP contribution in [0.5, 0.6) is 0 Å². The van der Waals surface area contributed by atoms with Gasteiger partial charge >= 0.3 is 5.97 Å². The molecule has 3 aromatic rings. The third-order valence-corrected chi connectivity index (χ3v) is 7.75. The number of carbonyl (C=O) groups is 3. The minimum atomic E-state index is -0.714. The van der Waals surface area contributed by atoms with Crippen molar-refractivity contribution in [3.05, 3.63) is 133 Å². The monoisotopic (exact) mass is 640 g/mol. The van der Waals surface area contributed by atoms with E-state index in [1.807, 2.05) is 91.0 Å². The lowest BCUT2D eigenvalue weighted by atomic mass is 9.95. The number of hydrogen-bond acceptors (Lipinski definition) is 6. The van der Waals surface area contributed by atoms with E-state index in [-0.39, 0.29) is 56.4 Å². The van der Waals surface area contributed by atoms with Crippen molar-refractivity contribution in [2.75, 3.05) is 19.8 Å². The van der Waals surface area contributed by atoms with Crippen LogP contribution in [0.2, 0.25) is 0 Å². The van der Waals surface area contributed by atoms with Crippen molar-refractivity contribution < 1.29 is 29.0 Å². The summed E-state index contributed by atoms with van der Waals surface area (Å²) in [4.78, 5) is 39.8. The molecule has 0 fully saturated rings. The Morgan fingerprint density at radius 2 is 1.32 bits per heavy atom. The summed E-state index contributed by atoms with van der Waals surface area (Å²) in [7, 11) is 0. The summed E-state index contributed by atoms with van der Waals surface area (Å²) in [5.74, 6) is -2.16. The van der Waals surface area contributed by atoms with Gasteiger partial charge in [-0.15, -0.1) is 13.2 Å². The number of allylic oxidation sites excluding steroid dienone is 2. The molecule has 0 aliphatic carbocycles. The zero-order valence-corrected chi connectivity index (χ0v) is 27.1. The van der Waals surface area contributed by atoms with Crippen molar-refractivity contribution in [3.63, 3.8) is 0 Å². The molecule has 3 aromatic carbocycles. The Kier molecular flexibility index (Phi) is 16.7. The molecular formula is C39H48N2O6. The Labute approximate surface area is 278 Å². The number of benzene rings is 3. The predicted molar refractivity (Wildman–Crippen MR) is 184 cm³/mol. The van der Waals surface area contributed by atoms with Gasteiger partial charge in [-0.05, 0) is 48.8 Å². The second-order valence-corrected chi connectivity index (χ2v) is 11.7. The molecule has 0 spiro atoms. The van der Waals surface area contributed by atoms with Crippen LogP contribution >= 0.6 is 0 Å². The lowest BCUT2D eigenvalue weighted by Gasteiger charge is -2.24. The maximum atomic E-state index is 13.5. The van der Waals surface area contributed by atoms with E-state index >= 15 is 0 Å². The van der Waals surface area contributed by atoms with Crippen LogP contribution in [0, 0.1) is 11.8 Å². The first-order valence-electron chi connectivity index (χ1n) is 16.2. The number of carbonyl (C=O) groups excluding carboxylic acids is 3. The zero-order valence-electron chi connectivity index (χ0n) is 27.1. The summed E-state index contributed by atoms with van der Waals surface area (Å²) in [5, 5.41) is 15.7. The summed E-state index contributed by atoms with van der Waals surface area (Å²) in [5.41, 5.74) is 2.99. The van der Waals surface area contributed by atoms with E-state index in [2.05, 4.69) is 23.8 Å². The van der Waals surface area contributed by atoms with Gasteiger partial charge in [-0.1, -0.05) is 103 Å². The number of nitrogens with one attached hydrogen (secondary N) is 2. The Bertz CT molecular complexity index is 1370. The fraction of sp³-hybridized carbons (Fsp3) is 0.359. The molecule has 0 heterocycles. The van der Waals surface area contributed by atoms with Crippen LogP contribution in [0.25, 0.3) is 0 Å². The summed E-state index contributed by atoms with van der Waals surface area (Å²) < 4.78 is 11.7. The van der Waals surface area contributed by atoms with E-state index < -0.39 is 18.0 Å². The predicted octanol–water partition coefficient (Wildman–Crippen LogP) is 5.36. The second-order valence-electron chi connectivity index (χ2n) is 11.7. The normalized spacial score (nSPS) is 13.4. The van der Waals surface area contributed by atoms with Crippen molar-refractivity contribution in [2.45, 2.75) is 57.2 Å². The Morgan fingerprint density at radius 3 is 1.89 bits per heavy atom. The van der Waals surface area contributed by atoms with Crippen LogP contribution in [0.3, 0.4) is 0 Å². The molecule has 0 saturated carbocycles. The summed E-state index contributed by atoms with van der Waals surface area (Å²) in [6, 6.07) is 27.8. The van der Waals surface area contributed by atoms with Gasteiger partial charge in [0.05, 0.1) is 43.7 Å². The first-order valence-corrected chi connectivity index (χ1v) is 16.2. The van der Waals surface area contributed by atoms with E-state index in [0.29, 0.717) is 32.3 Å². The maximum Gasteiger partial charge on any atom is 0.309 e. The average molecular weight is 641 g/mol. The van der Waals surface area contributed by atoms with Gasteiger partial charge in [-0.3, -0.25) is 14.4 Å². The summed E-state index contributed by atoms with van der Waals surface area (Å²) >= 11 is 0. The molecule has 8 nitrogen and oxygen atoms in total. The molecule has 0 aromatic heterocycles. The third-order valence-electron chi connectivity index (χ3n) is 7.75. The molecule has 47 heavy (non-hydrogen) atoms. The van der Waals surface area contributed by atoms with E-state index in [9.17, 15) is 19.5 Å². The summed E-state index contributed by atoms with van der Waals surface area (Å²) in [6.07, 6.45) is 5.80. The highest BCUT2D eigenvalue weighted by atomic mass is 16.5. The lowest BCUT2D eigenvalue weighted by Crippen LogP contribution is -2.46. The SMILES string of the molecule is C=CCC[C@H](Cc1ccccc1)C(=O)OC[C@H](COCc1ccccc1)NC(=O)[C@H](CC=C)CC(=O)N[C@H](CO)Cc1ccccc1. The topological polar surface area (TPSA) is 114 Å². The average Bonchev–Trinajstić information content (AvgIpc) is 3.09. The number of aliphatic hydroxyl groups is 1. The summed E-state index contributed by atoms with van der Waals surface area (Å²) in [6.45, 7) is 7.66. The molecular weight excluding hydrogens is 592 g/mol. The highest BCUT2D eigenvalue weighted by Crippen LogP contribution is 2.17. The van der Waals surface area contributed by atoms with Crippen LogP contribution in [-0.4, -0.2) is 54.8 Å². The molecule has 250 valence electrons. The molecule has 8 heteroatoms. The highest BCUT2D eigenvalue weighted by molar-refractivity contribution is 5.86. The molecule has 3 rings (SSSR count). The lowest BCUT2D eigenvalue weighted by molar-refractivity contribution is -0.150. The van der Waals surface area contributed by atoms with Gasteiger partial charge < -0.3 is 25.2 Å². The number of amides is 2. The number of rotatable bonds is 22. The third kappa shape index (κ3) is 14.2. The fourth-order valence-electron chi connectivity index (χ4n) is 5.22. The minimum absolute atomic E-state index is 0.0879. The number of ether oxygens (including phenoxy) is 2. The highest BCUT2D eigenvalue weighted by Gasteiger charge is 2.27. The van der Waals surface area contributed by atoms with Crippen LogP contribution in [0.1, 0.15) is 42.4 Å². The van der Waals surface area contributed by atoms with E-state index in [1.165, 1.54) is 0 Å². The standard InChI is InChI=1S/C39H48N2O6/c1-3-5-22-34(23-30-16-9-6-10-17-30)39(45)47-29-36(28-46-27-32-20-13-8-14-21-32)41-38(44)33(15-4-2)25-37(43)40-35(26-42)24-31-18-11-7-12-19-31/h3-4,6-14,16-21,33-36,42H,1-2,5,15,22-29H2,(H,40,43)(H,41,44)/t33-,34-,35+,36+/m1/s1. The number of hydrogen-bond donors (Lipinski definition) is 3. The molecule has 4 atom stereocenters. The number of esters is 1. The fourth-order valence-corrected chi connectivity index (χ4v) is 5.22. The van der Waals surface area contributed by atoms with Crippen LogP contribution in [0.15, 0.2) is 116 Å². The van der Waals surface area contributed by atoms with Crippen LogP contribution in [-0.2, 0) is 43.3 Å². The molecule has 0 aliphatic heterocycles. The Balaban J connectivity index is 1.64. The molecule has 0 aliphatic rings. The van der Waals surface area contributed by atoms with Gasteiger partial charge in [0.15, 0.2) is 0 Å². The van der Waals surface area contributed by atoms with Gasteiger partial charge in [-0.25, -0.2) is 0 Å². The van der Waals surface area contributed by atoms with E-state index in [1.54, 1.807) is 12.2 Å². The molecule has 0 unspecified atom stereocenters. The molecule has 2 amide bonds. The van der Waals surface area contributed by atoms with Gasteiger partial charge in [0.2, 0.25) is 11.8 Å². The molecule has 0 radical (unpaired) electrons. The van der Waals surface area contributed by atoms with E-state index in [4.69, 9.17) is 9.47 Å². The molecule has 0 saturated heterocycles.